The topological polar surface area (TPSA) is 12.0 Å². The lowest BCUT2D eigenvalue weighted by Crippen LogP contribution is -2.23. The maximum Gasteiger partial charge on any atom is 0.127 e. The van der Waals surface area contributed by atoms with Gasteiger partial charge in [0.15, 0.2) is 0 Å². The first kappa shape index (κ1) is 16.8. The Balaban J connectivity index is 2.28. The van der Waals surface area contributed by atoms with E-state index in [1.165, 1.54) is 6.07 Å². The van der Waals surface area contributed by atoms with Crippen LogP contribution in [0.1, 0.15) is 35.4 Å². The average molecular weight is 346 g/mol. The van der Waals surface area contributed by atoms with Crippen LogP contribution in [0.4, 0.5) is 4.39 Å². The molecule has 0 saturated carbocycles. The lowest BCUT2D eigenvalue weighted by Gasteiger charge is -2.18. The number of aryl methyl sites for hydroxylation is 1. The Morgan fingerprint density at radius 1 is 1.33 bits per heavy atom. The number of rotatable bonds is 6. The first-order valence-electron chi connectivity index (χ1n) is 6.95. The maximum atomic E-state index is 14.0. The largest absolute Gasteiger partial charge is 0.309 e. The Morgan fingerprint density at radius 3 is 2.67 bits per heavy atom. The molecule has 1 heterocycles. The third-order valence-electron chi connectivity index (χ3n) is 3.33. The van der Waals surface area contributed by atoms with Crippen molar-refractivity contribution in [2.45, 2.75) is 32.7 Å². The van der Waals surface area contributed by atoms with Gasteiger partial charge in [0.2, 0.25) is 0 Å². The molecule has 0 saturated heterocycles. The van der Waals surface area contributed by atoms with Crippen molar-refractivity contribution in [2.24, 2.45) is 0 Å². The van der Waals surface area contributed by atoms with Crippen LogP contribution in [0.5, 0.6) is 0 Å². The van der Waals surface area contributed by atoms with Crippen LogP contribution in [0.2, 0.25) is 9.36 Å². The summed E-state index contributed by atoms with van der Waals surface area (Å²) < 4.78 is 14.8. The van der Waals surface area contributed by atoms with Crippen LogP contribution in [0.15, 0.2) is 24.3 Å². The van der Waals surface area contributed by atoms with Crippen molar-refractivity contribution in [1.82, 2.24) is 5.32 Å². The second kappa shape index (κ2) is 7.59. The molecule has 0 aliphatic carbocycles. The van der Waals surface area contributed by atoms with Crippen LogP contribution in [0.25, 0.3) is 0 Å². The first-order valence-corrected chi connectivity index (χ1v) is 8.52. The second-order valence-electron chi connectivity index (χ2n) is 5.02. The number of hydrogen-bond acceptors (Lipinski definition) is 2. The zero-order valence-corrected chi connectivity index (χ0v) is 14.4. The van der Waals surface area contributed by atoms with E-state index in [2.05, 4.69) is 18.3 Å². The van der Waals surface area contributed by atoms with E-state index in [4.69, 9.17) is 23.2 Å². The second-order valence-corrected chi connectivity index (χ2v) is 7.11. The molecule has 1 nitrogen and oxygen atoms in total. The van der Waals surface area contributed by atoms with Crippen LogP contribution >= 0.6 is 34.5 Å². The van der Waals surface area contributed by atoms with Crippen molar-refractivity contribution in [1.29, 1.82) is 0 Å². The summed E-state index contributed by atoms with van der Waals surface area (Å²) in [5.74, 6) is -0.259. The molecule has 2 aromatic rings. The maximum absolute atomic E-state index is 14.0. The van der Waals surface area contributed by atoms with Crippen molar-refractivity contribution in [3.8, 4) is 0 Å². The van der Waals surface area contributed by atoms with Gasteiger partial charge in [-0.25, -0.2) is 4.39 Å². The Morgan fingerprint density at radius 2 is 2.10 bits per heavy atom. The van der Waals surface area contributed by atoms with Gasteiger partial charge < -0.3 is 5.32 Å². The van der Waals surface area contributed by atoms with E-state index >= 15 is 0 Å². The van der Waals surface area contributed by atoms with Gasteiger partial charge in [-0.2, -0.15) is 0 Å². The number of thiophene rings is 1. The molecular formula is C16H18Cl2FNS. The first-order chi connectivity index (χ1) is 10.0. The van der Waals surface area contributed by atoms with Crippen LogP contribution < -0.4 is 5.32 Å². The quantitative estimate of drug-likeness (QED) is 0.698. The van der Waals surface area contributed by atoms with Crippen molar-refractivity contribution in [3.63, 3.8) is 0 Å². The molecule has 114 valence electrons. The van der Waals surface area contributed by atoms with Gasteiger partial charge in [0, 0.05) is 21.5 Å². The van der Waals surface area contributed by atoms with Crippen molar-refractivity contribution < 1.29 is 4.39 Å². The smallest absolute Gasteiger partial charge is 0.127 e. The number of hydrogen-bond donors (Lipinski definition) is 1. The molecule has 0 bridgehead atoms. The van der Waals surface area contributed by atoms with E-state index in [1.54, 1.807) is 23.5 Å². The van der Waals surface area contributed by atoms with Gasteiger partial charge in [-0.3, -0.25) is 0 Å². The van der Waals surface area contributed by atoms with Gasteiger partial charge in [0.05, 0.1) is 4.34 Å². The normalized spacial score (nSPS) is 12.6. The van der Waals surface area contributed by atoms with E-state index in [0.717, 1.165) is 27.7 Å². The summed E-state index contributed by atoms with van der Waals surface area (Å²) in [6.45, 7) is 4.95. The van der Waals surface area contributed by atoms with Crippen LogP contribution in [-0.2, 0) is 6.42 Å². The van der Waals surface area contributed by atoms with E-state index in [9.17, 15) is 4.39 Å². The standard InChI is InChI=1S/C16H18Cl2FNS/c1-3-7-20-14(15-8-10(2)16(18)21-15)9-11-12(17)5-4-6-13(11)19/h4-6,8,14,20H,3,7,9H2,1-2H3. The molecule has 0 fully saturated rings. The highest BCUT2D eigenvalue weighted by Gasteiger charge is 2.19. The van der Waals surface area contributed by atoms with E-state index < -0.39 is 0 Å². The summed E-state index contributed by atoms with van der Waals surface area (Å²) in [6, 6.07) is 6.89. The summed E-state index contributed by atoms with van der Waals surface area (Å²) in [7, 11) is 0. The van der Waals surface area contributed by atoms with E-state index in [0.29, 0.717) is 17.0 Å². The lowest BCUT2D eigenvalue weighted by molar-refractivity contribution is 0.519. The summed E-state index contributed by atoms with van der Waals surface area (Å²) in [4.78, 5) is 1.12. The molecule has 1 aromatic carbocycles. The fourth-order valence-electron chi connectivity index (χ4n) is 2.18. The summed E-state index contributed by atoms with van der Waals surface area (Å²) in [5.41, 5.74) is 1.61. The van der Waals surface area contributed by atoms with Gasteiger partial charge in [0.25, 0.3) is 0 Å². The molecule has 1 aromatic heterocycles. The van der Waals surface area contributed by atoms with Crippen molar-refractivity contribution >= 4 is 34.5 Å². The van der Waals surface area contributed by atoms with E-state index in [-0.39, 0.29) is 11.9 Å². The predicted octanol–water partition coefficient (Wildman–Crippen LogP) is 5.79. The highest BCUT2D eigenvalue weighted by molar-refractivity contribution is 7.16. The van der Waals surface area contributed by atoms with Crippen LogP contribution in [-0.4, -0.2) is 6.54 Å². The Hall–Kier alpha value is -0.610. The van der Waals surface area contributed by atoms with Crippen LogP contribution in [0, 0.1) is 12.7 Å². The Kier molecular flexibility index (Phi) is 6.06. The SMILES string of the molecule is CCCNC(Cc1c(F)cccc1Cl)c1cc(C)c(Cl)s1. The minimum atomic E-state index is -0.259. The molecule has 0 aliphatic rings. The number of nitrogens with one attached hydrogen (secondary N) is 1. The molecule has 2 rings (SSSR count). The zero-order chi connectivity index (χ0) is 15.4. The molecule has 1 atom stereocenters. The lowest BCUT2D eigenvalue weighted by atomic mass is 10.0. The number of benzene rings is 1. The predicted molar refractivity (Wildman–Crippen MR) is 90.2 cm³/mol. The van der Waals surface area contributed by atoms with Gasteiger partial charge >= 0.3 is 0 Å². The van der Waals surface area contributed by atoms with Crippen molar-refractivity contribution in [3.05, 3.63) is 55.4 Å². The van der Waals surface area contributed by atoms with Crippen molar-refractivity contribution in [2.75, 3.05) is 6.54 Å². The fraction of sp³-hybridized carbons (Fsp3) is 0.375. The molecular weight excluding hydrogens is 328 g/mol. The van der Waals surface area contributed by atoms with Gasteiger partial charge in [0.1, 0.15) is 5.82 Å². The van der Waals surface area contributed by atoms with Gasteiger partial charge in [-0.05, 0) is 50.1 Å². The molecule has 1 N–H and O–H groups in total. The summed E-state index contributed by atoms with van der Waals surface area (Å²) in [6.07, 6.45) is 1.53. The number of halogens is 3. The molecule has 0 amide bonds. The Labute approximate surface area is 139 Å². The monoisotopic (exact) mass is 345 g/mol. The molecule has 5 heteroatoms. The highest BCUT2D eigenvalue weighted by Crippen LogP contribution is 2.34. The average Bonchev–Trinajstić information content (AvgIpc) is 2.77. The molecule has 0 radical (unpaired) electrons. The highest BCUT2D eigenvalue weighted by atomic mass is 35.5. The summed E-state index contributed by atoms with van der Waals surface area (Å²) in [5, 5.41) is 3.93. The fourth-order valence-corrected chi connectivity index (χ4v) is 3.71. The zero-order valence-electron chi connectivity index (χ0n) is 12.1. The summed E-state index contributed by atoms with van der Waals surface area (Å²) >= 11 is 13.8. The van der Waals surface area contributed by atoms with Gasteiger partial charge in [-0.15, -0.1) is 11.3 Å². The minimum Gasteiger partial charge on any atom is -0.309 e. The molecule has 1 unspecified atom stereocenters. The molecule has 21 heavy (non-hydrogen) atoms. The van der Waals surface area contributed by atoms with Crippen LogP contribution in [0.3, 0.4) is 0 Å². The molecule has 0 spiro atoms. The van der Waals surface area contributed by atoms with E-state index in [1.807, 2.05) is 6.92 Å². The molecule has 0 aliphatic heterocycles. The minimum absolute atomic E-state index is 0.0237. The third-order valence-corrected chi connectivity index (χ3v) is 5.35. The Bertz CT molecular complexity index is 573. The van der Waals surface area contributed by atoms with Gasteiger partial charge in [-0.1, -0.05) is 36.2 Å². The third kappa shape index (κ3) is 4.19.